The topological polar surface area (TPSA) is 55.4 Å². The molecule has 1 aliphatic heterocycles. The molecule has 1 heterocycles. The van der Waals surface area contributed by atoms with Gasteiger partial charge in [0.05, 0.1) is 18.4 Å². The van der Waals surface area contributed by atoms with Crippen LogP contribution in [0, 0.1) is 0 Å². The molecular weight excluding hydrogens is 302 g/mol. The smallest absolute Gasteiger partial charge is 0.337 e. The van der Waals surface area contributed by atoms with Gasteiger partial charge in [-0.2, -0.15) is 0 Å². The van der Waals surface area contributed by atoms with Crippen molar-refractivity contribution in [2.45, 2.75) is 0 Å². The number of hydrogen-bond donors (Lipinski definition) is 1. The first kappa shape index (κ1) is 15.8. The standard InChI is InChI=1S/C17H13NO3.ClH/c1-10-15-13(11-6-4-3-5-7-11)8-12(17(20)21-2)9-14(15)18-16(10)19;/h3-9H,1H2,2H3,(H,18,19);1H. The molecule has 22 heavy (non-hydrogen) atoms. The third-order valence-corrected chi connectivity index (χ3v) is 3.47. The molecule has 0 saturated heterocycles. The number of esters is 1. The second-order valence-corrected chi connectivity index (χ2v) is 4.74. The molecule has 3 rings (SSSR count). The number of fused-ring (bicyclic) bond motifs is 1. The molecule has 2 aromatic carbocycles. The number of nitrogens with one attached hydrogen (secondary N) is 1. The summed E-state index contributed by atoms with van der Waals surface area (Å²) in [5.41, 5.74) is 3.82. The van der Waals surface area contributed by atoms with Crippen LogP contribution in [0.25, 0.3) is 16.7 Å². The molecule has 5 heteroatoms. The summed E-state index contributed by atoms with van der Waals surface area (Å²) in [4.78, 5) is 23.6. The Bertz CT molecular complexity index is 769. The molecule has 0 radical (unpaired) electrons. The average molecular weight is 316 g/mol. The van der Waals surface area contributed by atoms with E-state index in [0.717, 1.165) is 16.7 Å². The van der Waals surface area contributed by atoms with Gasteiger partial charge < -0.3 is 10.1 Å². The highest BCUT2D eigenvalue weighted by Crippen LogP contribution is 2.39. The Kier molecular flexibility index (Phi) is 4.33. The predicted molar refractivity (Wildman–Crippen MR) is 88.1 cm³/mol. The van der Waals surface area contributed by atoms with Crippen molar-refractivity contribution in [1.82, 2.24) is 0 Å². The summed E-state index contributed by atoms with van der Waals surface area (Å²) in [5, 5.41) is 2.73. The normalized spacial score (nSPS) is 12.2. The van der Waals surface area contributed by atoms with Crippen molar-refractivity contribution in [2.24, 2.45) is 0 Å². The van der Waals surface area contributed by atoms with E-state index in [1.807, 2.05) is 30.3 Å². The van der Waals surface area contributed by atoms with E-state index in [9.17, 15) is 9.59 Å². The monoisotopic (exact) mass is 315 g/mol. The van der Waals surface area contributed by atoms with Gasteiger partial charge in [0.15, 0.2) is 0 Å². The summed E-state index contributed by atoms with van der Waals surface area (Å²) >= 11 is 0. The van der Waals surface area contributed by atoms with Gasteiger partial charge in [-0.05, 0) is 23.3 Å². The number of halogens is 1. The van der Waals surface area contributed by atoms with Crippen LogP contribution in [-0.4, -0.2) is 19.0 Å². The van der Waals surface area contributed by atoms with E-state index in [-0.39, 0.29) is 18.3 Å². The van der Waals surface area contributed by atoms with Gasteiger partial charge in [0.25, 0.3) is 5.91 Å². The molecule has 0 aromatic heterocycles. The first-order valence-corrected chi connectivity index (χ1v) is 6.44. The van der Waals surface area contributed by atoms with Gasteiger partial charge in [-0.25, -0.2) is 4.79 Å². The van der Waals surface area contributed by atoms with Crippen LogP contribution in [-0.2, 0) is 9.53 Å². The van der Waals surface area contributed by atoms with E-state index >= 15 is 0 Å². The summed E-state index contributed by atoms with van der Waals surface area (Å²) < 4.78 is 4.77. The molecule has 4 nitrogen and oxygen atoms in total. The van der Waals surface area contributed by atoms with Crippen LogP contribution < -0.4 is 5.32 Å². The van der Waals surface area contributed by atoms with Crippen LogP contribution in [0.4, 0.5) is 5.69 Å². The molecule has 0 saturated carbocycles. The van der Waals surface area contributed by atoms with Crippen LogP contribution in [0.2, 0.25) is 0 Å². The van der Waals surface area contributed by atoms with Gasteiger partial charge in [-0.1, -0.05) is 36.9 Å². The minimum absolute atomic E-state index is 0. The van der Waals surface area contributed by atoms with E-state index < -0.39 is 5.97 Å². The highest BCUT2D eigenvalue weighted by atomic mass is 35.5. The Balaban J connectivity index is 0.00000176. The van der Waals surface area contributed by atoms with Crippen molar-refractivity contribution in [2.75, 3.05) is 12.4 Å². The van der Waals surface area contributed by atoms with E-state index in [1.54, 1.807) is 12.1 Å². The quantitative estimate of drug-likeness (QED) is 0.681. The molecule has 0 unspecified atom stereocenters. The molecule has 0 aliphatic carbocycles. The lowest BCUT2D eigenvalue weighted by atomic mass is 9.93. The number of methoxy groups -OCH3 is 1. The van der Waals surface area contributed by atoms with Gasteiger partial charge >= 0.3 is 5.97 Å². The third kappa shape index (κ3) is 2.49. The Morgan fingerprint density at radius 2 is 1.86 bits per heavy atom. The summed E-state index contributed by atoms with van der Waals surface area (Å²) in [6.07, 6.45) is 0. The lowest BCUT2D eigenvalue weighted by Crippen LogP contribution is -2.04. The molecule has 0 fully saturated rings. The molecule has 0 atom stereocenters. The minimum atomic E-state index is -0.443. The van der Waals surface area contributed by atoms with Gasteiger partial charge in [-0.15, -0.1) is 12.4 Å². The SMILES string of the molecule is C=C1C(=O)Nc2cc(C(=O)OC)cc(-c3ccccc3)c21.Cl. The lowest BCUT2D eigenvalue weighted by molar-refractivity contribution is -0.110. The van der Waals surface area contributed by atoms with Crippen LogP contribution >= 0.6 is 12.4 Å². The van der Waals surface area contributed by atoms with E-state index in [4.69, 9.17) is 4.74 Å². The summed E-state index contributed by atoms with van der Waals surface area (Å²) in [5.74, 6) is -0.689. The number of carbonyl (C=O) groups is 2. The van der Waals surface area contributed by atoms with Gasteiger partial charge in [0.2, 0.25) is 0 Å². The van der Waals surface area contributed by atoms with E-state index in [1.165, 1.54) is 7.11 Å². The van der Waals surface area contributed by atoms with Crippen molar-refractivity contribution >= 4 is 35.5 Å². The molecular formula is C17H14ClNO3. The molecule has 112 valence electrons. The van der Waals surface area contributed by atoms with Crippen LogP contribution in [0.5, 0.6) is 0 Å². The van der Waals surface area contributed by atoms with Crippen molar-refractivity contribution in [3.8, 4) is 11.1 Å². The third-order valence-electron chi connectivity index (χ3n) is 3.47. The number of carbonyl (C=O) groups excluding carboxylic acids is 2. The number of benzene rings is 2. The number of amides is 1. The van der Waals surface area contributed by atoms with Crippen molar-refractivity contribution in [3.05, 3.63) is 60.2 Å². The number of hydrogen-bond acceptors (Lipinski definition) is 3. The average Bonchev–Trinajstić information content (AvgIpc) is 2.81. The van der Waals surface area contributed by atoms with Gasteiger partial charge in [-0.3, -0.25) is 4.79 Å². The maximum Gasteiger partial charge on any atom is 0.337 e. The number of rotatable bonds is 2. The molecule has 0 spiro atoms. The maximum absolute atomic E-state index is 11.8. The van der Waals surface area contributed by atoms with Crippen molar-refractivity contribution in [1.29, 1.82) is 0 Å². The first-order chi connectivity index (χ1) is 10.1. The van der Waals surface area contributed by atoms with Crippen LogP contribution in [0.15, 0.2) is 49.0 Å². The predicted octanol–water partition coefficient (Wildman–Crippen LogP) is 3.53. The summed E-state index contributed by atoms with van der Waals surface area (Å²) in [6, 6.07) is 12.9. The first-order valence-electron chi connectivity index (χ1n) is 6.44. The van der Waals surface area contributed by atoms with Crippen LogP contribution in [0.1, 0.15) is 15.9 Å². The second-order valence-electron chi connectivity index (χ2n) is 4.74. The number of ether oxygens (including phenoxy) is 1. The fourth-order valence-corrected chi connectivity index (χ4v) is 2.46. The lowest BCUT2D eigenvalue weighted by Gasteiger charge is -2.10. The molecule has 1 aliphatic rings. The molecule has 0 bridgehead atoms. The summed E-state index contributed by atoms with van der Waals surface area (Å²) in [6.45, 7) is 3.83. The fraction of sp³-hybridized carbons (Fsp3) is 0.0588. The van der Waals surface area contributed by atoms with Crippen molar-refractivity contribution in [3.63, 3.8) is 0 Å². The van der Waals surface area contributed by atoms with Crippen LogP contribution in [0.3, 0.4) is 0 Å². The molecule has 1 N–H and O–H groups in total. The zero-order chi connectivity index (χ0) is 15.0. The Hall–Kier alpha value is -2.59. The van der Waals surface area contributed by atoms with E-state index in [0.29, 0.717) is 16.8 Å². The Labute approximate surface area is 134 Å². The highest BCUT2D eigenvalue weighted by molar-refractivity contribution is 6.32. The van der Waals surface area contributed by atoms with Gasteiger partial charge in [0.1, 0.15) is 0 Å². The Morgan fingerprint density at radius 3 is 2.50 bits per heavy atom. The Morgan fingerprint density at radius 1 is 1.18 bits per heavy atom. The number of anilines is 1. The zero-order valence-corrected chi connectivity index (χ0v) is 12.7. The molecule has 2 aromatic rings. The highest BCUT2D eigenvalue weighted by Gasteiger charge is 2.27. The largest absolute Gasteiger partial charge is 0.465 e. The van der Waals surface area contributed by atoms with Crippen molar-refractivity contribution < 1.29 is 14.3 Å². The van der Waals surface area contributed by atoms with E-state index in [2.05, 4.69) is 11.9 Å². The second kappa shape index (κ2) is 6.03. The fourth-order valence-electron chi connectivity index (χ4n) is 2.46. The summed E-state index contributed by atoms with van der Waals surface area (Å²) in [7, 11) is 1.33. The molecule has 1 amide bonds. The minimum Gasteiger partial charge on any atom is -0.465 e. The maximum atomic E-state index is 11.8. The van der Waals surface area contributed by atoms with Gasteiger partial charge in [0, 0.05) is 11.1 Å². The zero-order valence-electron chi connectivity index (χ0n) is 11.9.